The Balaban J connectivity index is 1.77. The highest BCUT2D eigenvalue weighted by Crippen LogP contribution is 2.21. The van der Waals surface area contributed by atoms with Crippen LogP contribution in [-0.2, 0) is 21.2 Å². The normalized spacial score (nSPS) is 11.3. The van der Waals surface area contributed by atoms with Gasteiger partial charge in [-0.25, -0.2) is 8.42 Å². The van der Waals surface area contributed by atoms with Crippen LogP contribution in [0.2, 0.25) is 5.02 Å². The van der Waals surface area contributed by atoms with Crippen LogP contribution >= 0.6 is 11.6 Å². The highest BCUT2D eigenvalue weighted by Gasteiger charge is 2.18. The Morgan fingerprint density at radius 3 is 2.34 bits per heavy atom. The molecule has 0 bridgehead atoms. The van der Waals surface area contributed by atoms with Gasteiger partial charge in [0, 0.05) is 24.5 Å². The number of nitrogens with one attached hydrogen (secondary N) is 1. The third-order valence-corrected chi connectivity index (χ3v) is 6.27. The monoisotopic (exact) mass is 436 g/mol. The summed E-state index contributed by atoms with van der Waals surface area (Å²) in [6.07, 6.45) is 3.65. The van der Waals surface area contributed by atoms with E-state index in [9.17, 15) is 13.2 Å². The fourth-order valence-electron chi connectivity index (χ4n) is 3.01. The van der Waals surface area contributed by atoms with Gasteiger partial charge in [-0.15, -0.1) is 0 Å². The lowest BCUT2D eigenvalue weighted by Crippen LogP contribution is -2.32. The topological polar surface area (TPSA) is 66.5 Å². The van der Waals surface area contributed by atoms with E-state index >= 15 is 0 Å². The number of rotatable bonds is 10. The van der Waals surface area contributed by atoms with Gasteiger partial charge in [-0.3, -0.25) is 9.10 Å². The quantitative estimate of drug-likeness (QED) is 0.566. The second kappa shape index (κ2) is 10.6. The number of benzene rings is 2. The van der Waals surface area contributed by atoms with Crippen molar-refractivity contribution in [3.8, 4) is 0 Å². The van der Waals surface area contributed by atoms with Gasteiger partial charge in [0.25, 0.3) is 0 Å². The van der Waals surface area contributed by atoms with Gasteiger partial charge in [-0.05, 0) is 74.1 Å². The highest BCUT2D eigenvalue weighted by molar-refractivity contribution is 7.92. The molecule has 1 amide bonds. The molecule has 0 aliphatic rings. The summed E-state index contributed by atoms with van der Waals surface area (Å²) in [5.41, 5.74) is 3.97. The van der Waals surface area contributed by atoms with Crippen molar-refractivity contribution in [3.63, 3.8) is 0 Å². The van der Waals surface area contributed by atoms with Crippen LogP contribution in [0.25, 0.3) is 0 Å². The molecular formula is C22H29ClN2O3S. The third-order valence-electron chi connectivity index (χ3n) is 4.82. The van der Waals surface area contributed by atoms with Crippen molar-refractivity contribution >= 4 is 33.2 Å². The zero-order valence-corrected chi connectivity index (χ0v) is 18.8. The molecule has 0 saturated carbocycles. The van der Waals surface area contributed by atoms with E-state index in [0.29, 0.717) is 23.7 Å². The van der Waals surface area contributed by atoms with Gasteiger partial charge in [0.2, 0.25) is 15.9 Å². The molecule has 0 fully saturated rings. The summed E-state index contributed by atoms with van der Waals surface area (Å²) in [7, 11) is -3.41. The van der Waals surface area contributed by atoms with Gasteiger partial charge in [-0.2, -0.15) is 0 Å². The molecule has 7 heteroatoms. The second-order valence-electron chi connectivity index (χ2n) is 7.29. The lowest BCUT2D eigenvalue weighted by molar-refractivity contribution is -0.121. The minimum atomic E-state index is -3.41. The summed E-state index contributed by atoms with van der Waals surface area (Å²) >= 11 is 5.87. The Labute approximate surface area is 179 Å². The van der Waals surface area contributed by atoms with E-state index in [1.165, 1.54) is 16.1 Å². The number of hydrogen-bond acceptors (Lipinski definition) is 3. The van der Waals surface area contributed by atoms with Crippen molar-refractivity contribution in [1.82, 2.24) is 5.32 Å². The molecule has 158 valence electrons. The van der Waals surface area contributed by atoms with Crippen LogP contribution < -0.4 is 9.62 Å². The first-order valence-corrected chi connectivity index (χ1v) is 12.0. The second-order valence-corrected chi connectivity index (χ2v) is 9.63. The van der Waals surface area contributed by atoms with E-state index in [1.54, 1.807) is 6.07 Å². The molecule has 0 spiro atoms. The first-order valence-electron chi connectivity index (χ1n) is 9.73. The predicted molar refractivity (Wildman–Crippen MR) is 120 cm³/mol. The maximum absolute atomic E-state index is 12.2. The predicted octanol–water partition coefficient (Wildman–Crippen LogP) is 4.25. The van der Waals surface area contributed by atoms with Gasteiger partial charge < -0.3 is 5.32 Å². The number of nitrogens with zero attached hydrogens (tertiary/aromatic N) is 1. The third kappa shape index (κ3) is 7.71. The zero-order valence-electron chi connectivity index (χ0n) is 17.2. The van der Waals surface area contributed by atoms with Crippen LogP contribution in [0.3, 0.4) is 0 Å². The molecule has 5 nitrogen and oxygen atoms in total. The van der Waals surface area contributed by atoms with E-state index in [0.717, 1.165) is 24.0 Å². The molecule has 0 radical (unpaired) electrons. The van der Waals surface area contributed by atoms with Crippen LogP contribution in [0.15, 0.2) is 42.5 Å². The maximum Gasteiger partial charge on any atom is 0.232 e. The van der Waals surface area contributed by atoms with E-state index < -0.39 is 10.0 Å². The van der Waals surface area contributed by atoms with Crippen molar-refractivity contribution in [3.05, 3.63) is 64.2 Å². The number of anilines is 1. The van der Waals surface area contributed by atoms with Crippen molar-refractivity contribution in [2.45, 2.75) is 39.5 Å². The Morgan fingerprint density at radius 2 is 1.72 bits per heavy atom. The number of carbonyl (C=O) groups is 1. The molecule has 2 aromatic rings. The Morgan fingerprint density at radius 1 is 1.03 bits per heavy atom. The summed E-state index contributed by atoms with van der Waals surface area (Å²) in [4.78, 5) is 12.1. The molecule has 1 N–H and O–H groups in total. The summed E-state index contributed by atoms with van der Waals surface area (Å²) in [5.74, 6) is -0.0605. The molecule has 0 aliphatic carbocycles. The van der Waals surface area contributed by atoms with Crippen molar-refractivity contribution < 1.29 is 13.2 Å². The maximum atomic E-state index is 12.2. The molecule has 0 atom stereocenters. The minimum absolute atomic E-state index is 0.0605. The van der Waals surface area contributed by atoms with E-state index in [-0.39, 0.29) is 18.9 Å². The van der Waals surface area contributed by atoms with Gasteiger partial charge in [0.05, 0.1) is 11.9 Å². The van der Waals surface area contributed by atoms with E-state index in [1.807, 2.05) is 50.2 Å². The number of sulfonamides is 1. The number of halogens is 1. The molecule has 0 heterocycles. The van der Waals surface area contributed by atoms with E-state index in [2.05, 4.69) is 5.32 Å². The molecule has 0 aliphatic heterocycles. The van der Waals surface area contributed by atoms with Crippen LogP contribution in [-0.4, -0.2) is 33.7 Å². The lowest BCUT2D eigenvalue weighted by Gasteiger charge is -2.23. The first-order chi connectivity index (χ1) is 13.7. The standard InChI is InChI=1S/C22H29ClN2O3S/c1-17-8-13-21(16-18(17)2)25(29(3,27)28)15-5-7-22(26)24-14-4-6-19-9-11-20(23)12-10-19/h8-13,16H,4-7,14-15H2,1-3H3,(H,24,26). The van der Waals surface area contributed by atoms with Gasteiger partial charge in [0.15, 0.2) is 0 Å². The Kier molecular flexibility index (Phi) is 8.53. The zero-order chi connectivity index (χ0) is 21.4. The van der Waals surface area contributed by atoms with Gasteiger partial charge in [0.1, 0.15) is 0 Å². The number of carbonyl (C=O) groups excluding carboxylic acids is 1. The lowest BCUT2D eigenvalue weighted by atomic mass is 10.1. The molecular weight excluding hydrogens is 408 g/mol. The molecule has 0 saturated heterocycles. The molecule has 2 rings (SSSR count). The van der Waals surface area contributed by atoms with Gasteiger partial charge >= 0.3 is 0 Å². The highest BCUT2D eigenvalue weighted by atomic mass is 35.5. The SMILES string of the molecule is Cc1ccc(N(CCCC(=O)NCCCc2ccc(Cl)cc2)S(C)(=O)=O)cc1C. The summed E-state index contributed by atoms with van der Waals surface area (Å²) in [5, 5.41) is 3.61. The number of amides is 1. The molecule has 2 aromatic carbocycles. The average molecular weight is 437 g/mol. The van der Waals surface area contributed by atoms with Crippen LogP contribution in [0.5, 0.6) is 0 Å². The van der Waals surface area contributed by atoms with Crippen LogP contribution in [0.4, 0.5) is 5.69 Å². The van der Waals surface area contributed by atoms with E-state index in [4.69, 9.17) is 11.6 Å². The number of hydrogen-bond donors (Lipinski definition) is 1. The molecule has 0 unspecified atom stereocenters. The average Bonchev–Trinajstić information content (AvgIpc) is 2.65. The summed E-state index contributed by atoms with van der Waals surface area (Å²) in [6.45, 7) is 4.81. The fraction of sp³-hybridized carbons (Fsp3) is 0.409. The van der Waals surface area contributed by atoms with Crippen molar-refractivity contribution in [2.75, 3.05) is 23.7 Å². The fourth-order valence-corrected chi connectivity index (χ4v) is 4.09. The minimum Gasteiger partial charge on any atom is -0.356 e. The van der Waals surface area contributed by atoms with Crippen molar-refractivity contribution in [2.24, 2.45) is 0 Å². The summed E-state index contributed by atoms with van der Waals surface area (Å²) in [6, 6.07) is 13.3. The molecule has 29 heavy (non-hydrogen) atoms. The van der Waals surface area contributed by atoms with Crippen LogP contribution in [0, 0.1) is 13.8 Å². The Bertz CT molecular complexity index is 928. The largest absolute Gasteiger partial charge is 0.356 e. The molecule has 0 aromatic heterocycles. The van der Waals surface area contributed by atoms with Crippen LogP contribution in [0.1, 0.15) is 36.0 Å². The van der Waals surface area contributed by atoms with Gasteiger partial charge in [-0.1, -0.05) is 29.8 Å². The number of aryl methyl sites for hydroxylation is 3. The first kappa shape index (κ1) is 23.2. The smallest absolute Gasteiger partial charge is 0.232 e. The van der Waals surface area contributed by atoms with Crippen molar-refractivity contribution in [1.29, 1.82) is 0 Å². The Hall–Kier alpha value is -2.05. The summed E-state index contributed by atoms with van der Waals surface area (Å²) < 4.78 is 25.7.